The molecule has 1 heterocycles. The van der Waals surface area contributed by atoms with Crippen molar-refractivity contribution in [2.45, 2.75) is 31.6 Å². The molecule has 0 aliphatic carbocycles. The van der Waals surface area contributed by atoms with E-state index in [1.54, 1.807) is 30.0 Å². The fourth-order valence-electron chi connectivity index (χ4n) is 3.61. The van der Waals surface area contributed by atoms with Gasteiger partial charge in [0.25, 0.3) is 0 Å². The van der Waals surface area contributed by atoms with Crippen LogP contribution in [0.25, 0.3) is 0 Å². The third kappa shape index (κ3) is 4.28. The summed E-state index contributed by atoms with van der Waals surface area (Å²) in [5, 5.41) is 2.75. The molecule has 156 valence electrons. The summed E-state index contributed by atoms with van der Waals surface area (Å²) >= 11 is 0. The highest BCUT2D eigenvalue weighted by Crippen LogP contribution is 2.32. The van der Waals surface area contributed by atoms with Gasteiger partial charge in [0, 0.05) is 26.3 Å². The Bertz CT molecular complexity index is 1050. The summed E-state index contributed by atoms with van der Waals surface area (Å²) < 4.78 is 40.5. The molecular weight excluding hydrogens is 393 g/mol. The van der Waals surface area contributed by atoms with Crippen LogP contribution in [0.5, 0.6) is 0 Å². The van der Waals surface area contributed by atoms with Gasteiger partial charge in [0.05, 0.1) is 17.1 Å². The molecule has 0 atom stereocenters. The zero-order valence-corrected chi connectivity index (χ0v) is 17.9. The monoisotopic (exact) mass is 419 g/mol. The summed E-state index contributed by atoms with van der Waals surface area (Å²) in [6.45, 7) is 4.24. The van der Waals surface area contributed by atoms with Crippen LogP contribution in [0.2, 0.25) is 0 Å². The fraction of sp³-hybridized carbons (Fsp3) is 0.381. The standard InChI is InChI=1S/C21H26FN3O3S/c1-14-8-10-18(22)21-17(14)6-5-11-25(21)13-20(26)23-16-9-7-15(2)19(12-16)29(27,28)24(3)4/h7-10,12H,5-6,11,13H2,1-4H3,(H,23,26). The molecule has 8 heteroatoms. The number of nitrogens with zero attached hydrogens (tertiary/aromatic N) is 2. The van der Waals surface area contributed by atoms with Gasteiger partial charge in [0.15, 0.2) is 0 Å². The first kappa shape index (κ1) is 21.3. The number of carbonyl (C=O) groups excluding carboxylic acids is 1. The van der Waals surface area contributed by atoms with Crippen LogP contribution in [-0.2, 0) is 21.2 Å². The van der Waals surface area contributed by atoms with E-state index in [9.17, 15) is 17.6 Å². The quantitative estimate of drug-likeness (QED) is 0.809. The van der Waals surface area contributed by atoms with Crippen LogP contribution in [0.1, 0.15) is 23.1 Å². The molecular formula is C21H26FN3O3S. The highest BCUT2D eigenvalue weighted by Gasteiger charge is 2.24. The van der Waals surface area contributed by atoms with Gasteiger partial charge in [0.1, 0.15) is 5.82 Å². The second-order valence-corrected chi connectivity index (χ2v) is 9.65. The van der Waals surface area contributed by atoms with E-state index in [2.05, 4.69) is 5.32 Å². The second-order valence-electron chi connectivity index (χ2n) is 7.53. The minimum absolute atomic E-state index is 0.00296. The van der Waals surface area contributed by atoms with E-state index in [-0.39, 0.29) is 23.2 Å². The molecule has 0 unspecified atom stereocenters. The minimum Gasteiger partial charge on any atom is -0.360 e. The Balaban J connectivity index is 1.81. The SMILES string of the molecule is Cc1ccc(NC(=O)CN2CCCc3c(C)ccc(F)c32)cc1S(=O)(=O)N(C)C. The molecule has 0 bridgehead atoms. The molecule has 29 heavy (non-hydrogen) atoms. The van der Waals surface area contributed by atoms with Crippen molar-refractivity contribution in [1.82, 2.24) is 4.31 Å². The van der Waals surface area contributed by atoms with Crippen LogP contribution in [0.15, 0.2) is 35.2 Å². The van der Waals surface area contributed by atoms with Crippen LogP contribution in [0.4, 0.5) is 15.8 Å². The number of rotatable bonds is 5. The second kappa shape index (κ2) is 8.12. The third-order valence-electron chi connectivity index (χ3n) is 5.20. The molecule has 1 amide bonds. The molecule has 0 saturated carbocycles. The highest BCUT2D eigenvalue weighted by atomic mass is 32.2. The lowest BCUT2D eigenvalue weighted by Gasteiger charge is -2.32. The van der Waals surface area contributed by atoms with Crippen LogP contribution in [-0.4, -0.2) is 45.8 Å². The smallest absolute Gasteiger partial charge is 0.243 e. The average Bonchev–Trinajstić information content (AvgIpc) is 2.66. The summed E-state index contributed by atoms with van der Waals surface area (Å²) in [6, 6.07) is 7.97. The molecule has 0 saturated heterocycles. The number of benzene rings is 2. The van der Waals surface area contributed by atoms with Gasteiger partial charge in [-0.1, -0.05) is 12.1 Å². The summed E-state index contributed by atoms with van der Waals surface area (Å²) in [6.07, 6.45) is 1.64. The van der Waals surface area contributed by atoms with Crippen LogP contribution in [0.3, 0.4) is 0 Å². The molecule has 0 spiro atoms. The number of nitrogens with one attached hydrogen (secondary N) is 1. The van der Waals surface area contributed by atoms with Crippen molar-refractivity contribution in [2.24, 2.45) is 0 Å². The largest absolute Gasteiger partial charge is 0.360 e. The van der Waals surface area contributed by atoms with Crippen molar-refractivity contribution in [3.63, 3.8) is 0 Å². The van der Waals surface area contributed by atoms with E-state index in [0.29, 0.717) is 23.5 Å². The van der Waals surface area contributed by atoms with E-state index < -0.39 is 10.0 Å². The zero-order chi connectivity index (χ0) is 21.3. The first-order valence-electron chi connectivity index (χ1n) is 9.47. The highest BCUT2D eigenvalue weighted by molar-refractivity contribution is 7.89. The molecule has 1 N–H and O–H groups in total. The van der Waals surface area contributed by atoms with Crippen molar-refractivity contribution in [2.75, 3.05) is 37.4 Å². The lowest BCUT2D eigenvalue weighted by molar-refractivity contribution is -0.115. The number of sulfonamides is 1. The Morgan fingerprint density at radius 2 is 1.86 bits per heavy atom. The maximum atomic E-state index is 14.4. The Labute approximate surface area is 171 Å². The molecule has 0 fully saturated rings. The maximum absolute atomic E-state index is 14.4. The Kier molecular flexibility index (Phi) is 5.95. The molecule has 0 aromatic heterocycles. The topological polar surface area (TPSA) is 69.7 Å². The van der Waals surface area contributed by atoms with Crippen LogP contribution < -0.4 is 10.2 Å². The predicted molar refractivity (Wildman–Crippen MR) is 112 cm³/mol. The summed E-state index contributed by atoms with van der Waals surface area (Å²) in [4.78, 5) is 14.5. The molecule has 1 aliphatic heterocycles. The van der Waals surface area contributed by atoms with E-state index in [4.69, 9.17) is 0 Å². The zero-order valence-electron chi connectivity index (χ0n) is 17.1. The van der Waals surface area contributed by atoms with Gasteiger partial charge in [0.2, 0.25) is 15.9 Å². The van der Waals surface area contributed by atoms with Crippen molar-refractivity contribution in [1.29, 1.82) is 0 Å². The third-order valence-corrected chi connectivity index (χ3v) is 7.16. The molecule has 2 aromatic rings. The summed E-state index contributed by atoms with van der Waals surface area (Å²) in [7, 11) is -0.696. The van der Waals surface area contributed by atoms with Gasteiger partial charge in [-0.2, -0.15) is 0 Å². The number of aryl methyl sites for hydroxylation is 2. The Morgan fingerprint density at radius 1 is 1.17 bits per heavy atom. The molecule has 1 aliphatic rings. The van der Waals surface area contributed by atoms with Gasteiger partial charge in [-0.15, -0.1) is 0 Å². The fourth-order valence-corrected chi connectivity index (χ4v) is 4.75. The molecule has 6 nitrogen and oxygen atoms in total. The normalized spacial score (nSPS) is 14.1. The van der Waals surface area contributed by atoms with E-state index in [1.165, 1.54) is 26.2 Å². The first-order chi connectivity index (χ1) is 13.6. The van der Waals surface area contributed by atoms with E-state index >= 15 is 0 Å². The number of carbonyl (C=O) groups is 1. The van der Waals surface area contributed by atoms with Crippen LogP contribution in [0, 0.1) is 19.7 Å². The number of hydrogen-bond donors (Lipinski definition) is 1. The molecule has 0 radical (unpaired) electrons. The first-order valence-corrected chi connectivity index (χ1v) is 10.9. The predicted octanol–water partition coefficient (Wildman–Crippen LogP) is 3.08. The Morgan fingerprint density at radius 3 is 2.55 bits per heavy atom. The van der Waals surface area contributed by atoms with E-state index in [1.807, 2.05) is 6.92 Å². The van der Waals surface area contributed by atoms with Crippen molar-refractivity contribution in [3.05, 3.63) is 52.8 Å². The Hall–Kier alpha value is -2.45. The maximum Gasteiger partial charge on any atom is 0.243 e. The average molecular weight is 420 g/mol. The van der Waals surface area contributed by atoms with Gasteiger partial charge >= 0.3 is 0 Å². The van der Waals surface area contributed by atoms with Gasteiger partial charge < -0.3 is 10.2 Å². The lowest BCUT2D eigenvalue weighted by Crippen LogP contribution is -2.37. The minimum atomic E-state index is -3.62. The van der Waals surface area contributed by atoms with Gasteiger partial charge in [-0.25, -0.2) is 17.1 Å². The number of anilines is 2. The number of halogens is 1. The molecule has 2 aromatic carbocycles. The van der Waals surface area contributed by atoms with E-state index in [0.717, 1.165) is 28.3 Å². The van der Waals surface area contributed by atoms with Crippen molar-refractivity contribution in [3.8, 4) is 0 Å². The number of hydrogen-bond acceptors (Lipinski definition) is 4. The number of fused-ring (bicyclic) bond motifs is 1. The number of amides is 1. The summed E-state index contributed by atoms with van der Waals surface area (Å²) in [5.41, 5.74) is 3.44. The van der Waals surface area contributed by atoms with Crippen molar-refractivity contribution >= 4 is 27.3 Å². The van der Waals surface area contributed by atoms with Crippen LogP contribution >= 0.6 is 0 Å². The lowest BCUT2D eigenvalue weighted by atomic mass is 9.96. The van der Waals surface area contributed by atoms with Gasteiger partial charge in [-0.3, -0.25) is 4.79 Å². The molecule has 3 rings (SSSR count). The van der Waals surface area contributed by atoms with Gasteiger partial charge in [-0.05, 0) is 61.6 Å². The summed E-state index contributed by atoms with van der Waals surface area (Å²) in [5.74, 6) is -0.649. The van der Waals surface area contributed by atoms with Crippen molar-refractivity contribution < 1.29 is 17.6 Å².